The van der Waals surface area contributed by atoms with Crippen molar-refractivity contribution in [3.63, 3.8) is 0 Å². The van der Waals surface area contributed by atoms with Gasteiger partial charge in [0.15, 0.2) is 0 Å². The molecule has 0 aliphatic rings. The molecule has 94 valence electrons. The Balaban J connectivity index is 3.75. The molecule has 3 heteroatoms. The van der Waals surface area contributed by atoms with Gasteiger partial charge in [-0.2, -0.15) is 0 Å². The van der Waals surface area contributed by atoms with Gasteiger partial charge < -0.3 is 10.2 Å². The fraction of sp³-hybridized carbons (Fsp3) is 0.357. The van der Waals surface area contributed by atoms with Crippen LogP contribution in [0.4, 0.5) is 0 Å². The number of rotatable bonds is 8. The fourth-order valence-corrected chi connectivity index (χ4v) is 1.08. The minimum atomic E-state index is -0.994. The molecule has 0 bridgehead atoms. The number of hydrogen-bond acceptors (Lipinski definition) is 2. The van der Waals surface area contributed by atoms with E-state index in [4.69, 9.17) is 5.11 Å². The summed E-state index contributed by atoms with van der Waals surface area (Å²) < 4.78 is 0. The third-order valence-corrected chi connectivity index (χ3v) is 1.90. The summed E-state index contributed by atoms with van der Waals surface area (Å²) in [4.78, 5) is 10.1. The fourth-order valence-electron chi connectivity index (χ4n) is 1.08. The predicted octanol–water partition coefficient (Wildman–Crippen LogP) is 2.85. The molecule has 0 aliphatic carbocycles. The number of aliphatic carboxylic acids is 1. The first-order valence-corrected chi connectivity index (χ1v) is 5.72. The summed E-state index contributed by atoms with van der Waals surface area (Å²) in [6.45, 7) is 2.08. The number of carboxylic acid groups (broad SMARTS) is 1. The predicted molar refractivity (Wildman–Crippen MR) is 69.7 cm³/mol. The van der Waals surface area contributed by atoms with Gasteiger partial charge in [0.05, 0.1) is 6.10 Å². The summed E-state index contributed by atoms with van der Waals surface area (Å²) in [5, 5.41) is 17.8. The van der Waals surface area contributed by atoms with Gasteiger partial charge in [0.25, 0.3) is 0 Å². The molecule has 0 heterocycles. The van der Waals surface area contributed by atoms with E-state index in [2.05, 4.69) is 19.1 Å². The number of aliphatic hydroxyl groups excluding tert-OH is 1. The first-order chi connectivity index (χ1) is 8.16. The lowest BCUT2D eigenvalue weighted by atomic mass is 10.2. The van der Waals surface area contributed by atoms with Crippen molar-refractivity contribution in [2.24, 2.45) is 0 Å². The molecule has 0 amide bonds. The molecule has 0 spiro atoms. The van der Waals surface area contributed by atoms with Crippen LogP contribution in [0.2, 0.25) is 0 Å². The van der Waals surface area contributed by atoms with Crippen LogP contribution in [0.5, 0.6) is 0 Å². The molecule has 2 N–H and O–H groups in total. The molecule has 0 fully saturated rings. The van der Waals surface area contributed by atoms with E-state index < -0.39 is 12.1 Å². The number of allylic oxidation sites excluding steroid dienone is 5. The quantitative estimate of drug-likeness (QED) is 0.387. The SMILES string of the molecule is CC/C=C/C/C=C/C[C@H](O)/C=C/C=C/C(=O)O. The Labute approximate surface area is 102 Å². The van der Waals surface area contributed by atoms with Crippen molar-refractivity contribution >= 4 is 5.97 Å². The zero-order valence-corrected chi connectivity index (χ0v) is 10.1. The lowest BCUT2D eigenvalue weighted by molar-refractivity contribution is -0.131. The summed E-state index contributed by atoms with van der Waals surface area (Å²) in [5.74, 6) is -0.994. The molecule has 0 aromatic heterocycles. The Morgan fingerprint density at radius 1 is 1.18 bits per heavy atom. The molecule has 0 aromatic rings. The second-order valence-electron chi connectivity index (χ2n) is 3.47. The van der Waals surface area contributed by atoms with Gasteiger partial charge in [0.1, 0.15) is 0 Å². The molecule has 0 aliphatic heterocycles. The number of aliphatic hydroxyl groups is 1. The van der Waals surface area contributed by atoms with Crippen molar-refractivity contribution in [3.8, 4) is 0 Å². The number of hydrogen-bond donors (Lipinski definition) is 2. The molecule has 17 heavy (non-hydrogen) atoms. The highest BCUT2D eigenvalue weighted by Gasteiger charge is 1.92. The first kappa shape index (κ1) is 15.4. The van der Waals surface area contributed by atoms with Crippen LogP contribution in [0.3, 0.4) is 0 Å². The Kier molecular flexibility index (Phi) is 9.86. The Morgan fingerprint density at radius 3 is 2.53 bits per heavy atom. The topological polar surface area (TPSA) is 57.5 Å². The second kappa shape index (κ2) is 10.9. The molecular formula is C14H20O3. The molecule has 1 atom stereocenters. The van der Waals surface area contributed by atoms with Gasteiger partial charge in [0, 0.05) is 6.08 Å². The average molecular weight is 236 g/mol. The van der Waals surface area contributed by atoms with Gasteiger partial charge in [0.2, 0.25) is 0 Å². The van der Waals surface area contributed by atoms with Crippen LogP contribution in [0.1, 0.15) is 26.2 Å². The van der Waals surface area contributed by atoms with E-state index in [1.54, 1.807) is 6.08 Å². The van der Waals surface area contributed by atoms with E-state index >= 15 is 0 Å². The maximum Gasteiger partial charge on any atom is 0.328 e. The van der Waals surface area contributed by atoms with Gasteiger partial charge in [-0.25, -0.2) is 4.79 Å². The van der Waals surface area contributed by atoms with Gasteiger partial charge in [-0.05, 0) is 19.3 Å². The molecule has 0 saturated heterocycles. The highest BCUT2D eigenvalue weighted by atomic mass is 16.4. The average Bonchev–Trinajstić information content (AvgIpc) is 2.29. The smallest absolute Gasteiger partial charge is 0.328 e. The van der Waals surface area contributed by atoms with Crippen LogP contribution >= 0.6 is 0 Å². The molecule has 0 saturated carbocycles. The molecule has 0 radical (unpaired) electrons. The van der Waals surface area contributed by atoms with E-state index in [0.717, 1.165) is 18.9 Å². The summed E-state index contributed by atoms with van der Waals surface area (Å²) in [7, 11) is 0. The Bertz CT molecular complexity index is 311. The van der Waals surface area contributed by atoms with E-state index in [9.17, 15) is 9.90 Å². The van der Waals surface area contributed by atoms with Crippen molar-refractivity contribution in [1.82, 2.24) is 0 Å². The van der Waals surface area contributed by atoms with E-state index in [-0.39, 0.29) is 0 Å². The van der Waals surface area contributed by atoms with Gasteiger partial charge in [-0.15, -0.1) is 0 Å². The first-order valence-electron chi connectivity index (χ1n) is 5.72. The van der Waals surface area contributed by atoms with Gasteiger partial charge in [-0.3, -0.25) is 0 Å². The Morgan fingerprint density at radius 2 is 1.88 bits per heavy atom. The summed E-state index contributed by atoms with van der Waals surface area (Å²) in [6, 6.07) is 0. The van der Waals surface area contributed by atoms with E-state index in [0.29, 0.717) is 6.42 Å². The third-order valence-electron chi connectivity index (χ3n) is 1.90. The normalized spacial score (nSPS) is 14.5. The lowest BCUT2D eigenvalue weighted by Gasteiger charge is -1.98. The van der Waals surface area contributed by atoms with Crippen LogP contribution in [-0.2, 0) is 4.79 Å². The highest BCUT2D eigenvalue weighted by molar-refractivity contribution is 5.80. The number of carboxylic acids is 1. The molecular weight excluding hydrogens is 216 g/mol. The van der Waals surface area contributed by atoms with Crippen molar-refractivity contribution < 1.29 is 15.0 Å². The van der Waals surface area contributed by atoms with Gasteiger partial charge >= 0.3 is 5.97 Å². The summed E-state index contributed by atoms with van der Waals surface area (Å²) in [5.41, 5.74) is 0. The zero-order valence-electron chi connectivity index (χ0n) is 10.1. The third kappa shape index (κ3) is 12.3. The van der Waals surface area contributed by atoms with Gasteiger partial charge in [-0.1, -0.05) is 49.5 Å². The van der Waals surface area contributed by atoms with Crippen LogP contribution in [-0.4, -0.2) is 22.3 Å². The van der Waals surface area contributed by atoms with Crippen molar-refractivity contribution in [1.29, 1.82) is 0 Å². The molecule has 3 nitrogen and oxygen atoms in total. The van der Waals surface area contributed by atoms with Crippen LogP contribution in [0.25, 0.3) is 0 Å². The van der Waals surface area contributed by atoms with Crippen molar-refractivity contribution in [2.45, 2.75) is 32.3 Å². The van der Waals surface area contributed by atoms with Crippen molar-refractivity contribution in [3.05, 3.63) is 48.6 Å². The lowest BCUT2D eigenvalue weighted by Crippen LogP contribution is -1.98. The minimum absolute atomic E-state index is 0.539. The maximum absolute atomic E-state index is 10.1. The Hall–Kier alpha value is -1.61. The highest BCUT2D eigenvalue weighted by Crippen LogP contribution is 1.97. The molecule has 0 rings (SSSR count). The minimum Gasteiger partial charge on any atom is -0.478 e. The maximum atomic E-state index is 10.1. The van der Waals surface area contributed by atoms with Crippen LogP contribution in [0.15, 0.2) is 48.6 Å². The summed E-state index contributed by atoms with van der Waals surface area (Å²) in [6.07, 6.45) is 15.5. The largest absolute Gasteiger partial charge is 0.478 e. The van der Waals surface area contributed by atoms with Crippen LogP contribution < -0.4 is 0 Å². The van der Waals surface area contributed by atoms with Crippen LogP contribution in [0, 0.1) is 0 Å². The number of carbonyl (C=O) groups is 1. The van der Waals surface area contributed by atoms with E-state index in [1.807, 2.05) is 12.2 Å². The molecule has 0 unspecified atom stereocenters. The molecule has 0 aromatic carbocycles. The second-order valence-corrected chi connectivity index (χ2v) is 3.47. The van der Waals surface area contributed by atoms with Crippen molar-refractivity contribution in [2.75, 3.05) is 0 Å². The van der Waals surface area contributed by atoms with E-state index in [1.165, 1.54) is 12.2 Å². The summed E-state index contributed by atoms with van der Waals surface area (Å²) >= 11 is 0. The standard InChI is InChI=1S/C14H20O3/c1-2-3-4-5-6-7-10-13(15)11-8-9-12-14(16)17/h3-4,6-9,11-13,15H,2,5,10H2,1H3,(H,16,17)/b4-3+,7-6+,11-8+,12-9+/t13-/m0/s1. The monoisotopic (exact) mass is 236 g/mol. The zero-order chi connectivity index (χ0) is 12.9.